The predicted octanol–water partition coefficient (Wildman–Crippen LogP) is 3.83. The summed E-state index contributed by atoms with van der Waals surface area (Å²) < 4.78 is 27.9. The van der Waals surface area contributed by atoms with Gasteiger partial charge in [-0.1, -0.05) is 60.2 Å². The lowest BCUT2D eigenvalue weighted by atomic mass is 10.0. The number of anilines is 1. The highest BCUT2D eigenvalue weighted by Crippen LogP contribution is 2.43. The van der Waals surface area contributed by atoms with Crippen LogP contribution in [-0.4, -0.2) is 32.8 Å². The summed E-state index contributed by atoms with van der Waals surface area (Å²) in [4.78, 5) is 14.7. The van der Waals surface area contributed by atoms with Crippen LogP contribution < -0.4 is 4.31 Å². The van der Waals surface area contributed by atoms with Gasteiger partial charge >= 0.3 is 0 Å². The van der Waals surface area contributed by atoms with Gasteiger partial charge in [-0.3, -0.25) is 9.10 Å². The van der Waals surface area contributed by atoms with Crippen molar-refractivity contribution in [1.82, 2.24) is 4.90 Å². The molecule has 0 unspecified atom stereocenters. The summed E-state index contributed by atoms with van der Waals surface area (Å²) >= 11 is 0. The lowest BCUT2D eigenvalue weighted by molar-refractivity contribution is -0.128. The van der Waals surface area contributed by atoms with Gasteiger partial charge in [0.15, 0.2) is 0 Å². The van der Waals surface area contributed by atoms with Crippen LogP contribution in [0.15, 0.2) is 77.7 Å². The average Bonchev–Trinajstić information content (AvgIpc) is 2.72. The Bertz CT molecular complexity index is 1170. The Balaban J connectivity index is 1.69. The summed E-state index contributed by atoms with van der Waals surface area (Å²) in [6.07, 6.45) is 0. The van der Waals surface area contributed by atoms with Gasteiger partial charge in [-0.15, -0.1) is 0 Å². The standard InChI is InChI=1S/C23H22N2O3S/c1-17-12-13-21-20(14-17)19-10-6-7-11-22(19)29(27,28)25(21)16-23(26)24(2)15-18-8-4-3-5-9-18/h3-14H,15-16H2,1-2H3. The highest BCUT2D eigenvalue weighted by Gasteiger charge is 2.36. The smallest absolute Gasteiger partial charge is 0.265 e. The average molecular weight is 407 g/mol. The van der Waals surface area contributed by atoms with Crippen molar-refractivity contribution >= 4 is 21.6 Å². The van der Waals surface area contributed by atoms with Gasteiger partial charge in [0.1, 0.15) is 6.54 Å². The van der Waals surface area contributed by atoms with E-state index >= 15 is 0 Å². The van der Waals surface area contributed by atoms with Gasteiger partial charge in [0.25, 0.3) is 10.0 Å². The summed E-state index contributed by atoms with van der Waals surface area (Å²) in [5.74, 6) is -0.261. The van der Waals surface area contributed by atoms with Crippen LogP contribution in [0.3, 0.4) is 0 Å². The van der Waals surface area contributed by atoms with E-state index in [1.165, 1.54) is 4.31 Å². The molecule has 3 aromatic rings. The van der Waals surface area contributed by atoms with E-state index in [0.717, 1.165) is 16.7 Å². The predicted molar refractivity (Wildman–Crippen MR) is 114 cm³/mol. The molecule has 4 rings (SSSR count). The third-order valence-corrected chi connectivity index (χ3v) is 6.95. The number of hydrogen-bond donors (Lipinski definition) is 0. The highest BCUT2D eigenvalue weighted by molar-refractivity contribution is 7.93. The molecule has 1 amide bonds. The summed E-state index contributed by atoms with van der Waals surface area (Å²) in [5.41, 5.74) is 4.06. The third-order valence-electron chi connectivity index (χ3n) is 5.13. The molecule has 148 valence electrons. The Labute approximate surface area is 171 Å². The Morgan fingerprint density at radius 2 is 1.62 bits per heavy atom. The van der Waals surface area contributed by atoms with Gasteiger partial charge in [0.2, 0.25) is 5.91 Å². The number of carbonyl (C=O) groups excluding carboxylic acids is 1. The molecule has 0 atom stereocenters. The second-order valence-corrected chi connectivity index (χ2v) is 9.09. The molecule has 0 fully saturated rings. The number of rotatable bonds is 4. The number of benzene rings is 3. The van der Waals surface area contributed by atoms with E-state index in [4.69, 9.17) is 0 Å². The lowest BCUT2D eigenvalue weighted by Gasteiger charge is -2.33. The molecular weight excluding hydrogens is 384 g/mol. The minimum absolute atomic E-state index is 0.233. The Morgan fingerprint density at radius 3 is 2.38 bits per heavy atom. The van der Waals surface area contributed by atoms with Crippen LogP contribution in [0.4, 0.5) is 5.69 Å². The second kappa shape index (κ2) is 7.37. The molecule has 5 nitrogen and oxygen atoms in total. The van der Waals surface area contributed by atoms with Crippen molar-refractivity contribution in [3.05, 3.63) is 83.9 Å². The quantitative estimate of drug-likeness (QED) is 0.662. The molecule has 0 aromatic heterocycles. The molecule has 3 aromatic carbocycles. The minimum atomic E-state index is -3.82. The van der Waals surface area contributed by atoms with E-state index in [-0.39, 0.29) is 17.3 Å². The van der Waals surface area contributed by atoms with Crippen LogP contribution in [0, 0.1) is 6.92 Å². The van der Waals surface area contributed by atoms with E-state index in [0.29, 0.717) is 17.8 Å². The fraction of sp³-hybridized carbons (Fsp3) is 0.174. The van der Waals surface area contributed by atoms with E-state index in [2.05, 4.69) is 0 Å². The zero-order valence-corrected chi connectivity index (χ0v) is 17.2. The van der Waals surface area contributed by atoms with Crippen molar-refractivity contribution in [2.45, 2.75) is 18.4 Å². The Kier molecular flexibility index (Phi) is 4.88. The van der Waals surface area contributed by atoms with Crippen molar-refractivity contribution < 1.29 is 13.2 Å². The molecule has 1 heterocycles. The van der Waals surface area contributed by atoms with Gasteiger partial charge in [-0.25, -0.2) is 8.42 Å². The molecule has 0 saturated heterocycles. The number of hydrogen-bond acceptors (Lipinski definition) is 3. The number of fused-ring (bicyclic) bond motifs is 3. The van der Waals surface area contributed by atoms with Crippen LogP contribution in [0.1, 0.15) is 11.1 Å². The molecule has 0 bridgehead atoms. The number of aryl methyl sites for hydroxylation is 1. The van der Waals surface area contributed by atoms with Crippen molar-refractivity contribution in [3.63, 3.8) is 0 Å². The molecule has 1 aliphatic rings. The monoisotopic (exact) mass is 406 g/mol. The first-order valence-corrected chi connectivity index (χ1v) is 10.8. The number of carbonyl (C=O) groups is 1. The van der Waals surface area contributed by atoms with Crippen molar-refractivity contribution in [2.24, 2.45) is 0 Å². The largest absolute Gasteiger partial charge is 0.340 e. The van der Waals surface area contributed by atoms with Crippen LogP contribution >= 0.6 is 0 Å². The fourth-order valence-corrected chi connectivity index (χ4v) is 5.25. The van der Waals surface area contributed by atoms with E-state index < -0.39 is 10.0 Å². The minimum Gasteiger partial charge on any atom is -0.340 e. The summed E-state index contributed by atoms with van der Waals surface area (Å²) in [5, 5.41) is 0. The van der Waals surface area contributed by atoms with Crippen molar-refractivity contribution in [2.75, 3.05) is 17.9 Å². The van der Waals surface area contributed by atoms with Gasteiger partial charge < -0.3 is 4.90 Å². The van der Waals surface area contributed by atoms with Crippen LogP contribution in [0.2, 0.25) is 0 Å². The zero-order valence-electron chi connectivity index (χ0n) is 16.4. The van der Waals surface area contributed by atoms with Gasteiger partial charge in [0, 0.05) is 24.7 Å². The Hall–Kier alpha value is -3.12. The number of likely N-dealkylation sites (N-methyl/N-ethyl adjacent to an activating group) is 1. The van der Waals surface area contributed by atoms with Gasteiger partial charge in [0.05, 0.1) is 10.6 Å². The van der Waals surface area contributed by atoms with Crippen molar-refractivity contribution in [1.29, 1.82) is 0 Å². The molecule has 0 saturated carbocycles. The topological polar surface area (TPSA) is 57.7 Å². The van der Waals surface area contributed by atoms with Crippen molar-refractivity contribution in [3.8, 4) is 11.1 Å². The molecule has 6 heteroatoms. The first kappa shape index (κ1) is 19.2. The second-order valence-electron chi connectivity index (χ2n) is 7.26. The van der Waals surface area contributed by atoms with E-state index in [1.54, 1.807) is 30.1 Å². The Morgan fingerprint density at radius 1 is 0.931 bits per heavy atom. The molecule has 0 aliphatic carbocycles. The normalized spacial score (nSPS) is 14.1. The number of amides is 1. The maximum atomic E-state index is 13.3. The first-order chi connectivity index (χ1) is 13.9. The third kappa shape index (κ3) is 3.51. The summed E-state index contributed by atoms with van der Waals surface area (Å²) in [6, 6.07) is 22.2. The number of nitrogens with zero attached hydrogens (tertiary/aromatic N) is 2. The first-order valence-electron chi connectivity index (χ1n) is 9.38. The highest BCUT2D eigenvalue weighted by atomic mass is 32.2. The fourth-order valence-electron chi connectivity index (χ4n) is 3.60. The number of sulfonamides is 1. The van der Waals surface area contributed by atoms with Crippen LogP contribution in [0.25, 0.3) is 11.1 Å². The summed E-state index contributed by atoms with van der Waals surface area (Å²) in [7, 11) is -2.13. The zero-order chi connectivity index (χ0) is 20.6. The molecule has 0 radical (unpaired) electrons. The SMILES string of the molecule is Cc1ccc2c(c1)-c1ccccc1S(=O)(=O)N2CC(=O)N(C)Cc1ccccc1. The maximum Gasteiger partial charge on any atom is 0.265 e. The van der Waals surface area contributed by atoms with Crippen LogP contribution in [0.5, 0.6) is 0 Å². The molecule has 0 spiro atoms. The van der Waals surface area contributed by atoms with E-state index in [9.17, 15) is 13.2 Å². The maximum absolute atomic E-state index is 13.3. The molecule has 0 N–H and O–H groups in total. The summed E-state index contributed by atoms with van der Waals surface area (Å²) in [6.45, 7) is 2.15. The van der Waals surface area contributed by atoms with Crippen LogP contribution in [-0.2, 0) is 21.4 Å². The lowest BCUT2D eigenvalue weighted by Crippen LogP contribution is -2.43. The van der Waals surface area contributed by atoms with E-state index in [1.807, 2.05) is 61.5 Å². The molecule has 1 aliphatic heterocycles. The van der Waals surface area contributed by atoms with Gasteiger partial charge in [-0.2, -0.15) is 0 Å². The molecule has 29 heavy (non-hydrogen) atoms. The molecular formula is C23H22N2O3S. The van der Waals surface area contributed by atoms with Gasteiger partial charge in [-0.05, 0) is 30.7 Å².